The third kappa shape index (κ3) is 2.53. The van der Waals surface area contributed by atoms with Gasteiger partial charge in [0, 0.05) is 36.3 Å². The van der Waals surface area contributed by atoms with Gasteiger partial charge in [0.05, 0.1) is 28.1 Å². The number of nitrogens with two attached hydrogens (primary N) is 1. The van der Waals surface area contributed by atoms with Crippen LogP contribution in [0, 0.1) is 17.1 Å². The van der Waals surface area contributed by atoms with Gasteiger partial charge in [-0.25, -0.2) is 9.38 Å². The van der Waals surface area contributed by atoms with Crippen LogP contribution in [0.5, 0.6) is 0 Å². The van der Waals surface area contributed by atoms with Gasteiger partial charge in [-0.3, -0.25) is 9.69 Å². The molecule has 0 unspecified atom stereocenters. The lowest BCUT2D eigenvalue weighted by molar-refractivity contribution is -0.116. The number of hydrogen-bond donors (Lipinski definition) is 1. The highest BCUT2D eigenvalue weighted by Gasteiger charge is 2.46. The van der Waals surface area contributed by atoms with Gasteiger partial charge in [-0.05, 0) is 49.3 Å². The summed E-state index contributed by atoms with van der Waals surface area (Å²) in [5.74, 6) is 0.387. The van der Waals surface area contributed by atoms with E-state index in [9.17, 15) is 14.4 Å². The van der Waals surface area contributed by atoms with Crippen LogP contribution in [0.1, 0.15) is 60.6 Å². The van der Waals surface area contributed by atoms with Crippen LogP contribution in [0.3, 0.4) is 0 Å². The zero-order valence-corrected chi connectivity index (χ0v) is 19.3. The molecule has 1 saturated heterocycles. The van der Waals surface area contributed by atoms with Gasteiger partial charge in [0.25, 0.3) is 0 Å². The monoisotopic (exact) mass is 471 g/mol. The van der Waals surface area contributed by atoms with Crippen molar-refractivity contribution in [2.24, 2.45) is 10.7 Å². The minimum absolute atomic E-state index is 0.0246. The average Bonchev–Trinajstić information content (AvgIpc) is 3.27. The van der Waals surface area contributed by atoms with Gasteiger partial charge in [0.1, 0.15) is 16.7 Å². The van der Waals surface area contributed by atoms with E-state index < -0.39 is 11.7 Å². The molecule has 1 aliphatic carbocycles. The minimum atomic E-state index is -0.637. The van der Waals surface area contributed by atoms with Gasteiger partial charge in [-0.15, -0.1) is 0 Å². The van der Waals surface area contributed by atoms with Crippen molar-refractivity contribution in [2.45, 2.75) is 43.9 Å². The number of benzene rings is 1. The fourth-order valence-electron chi connectivity index (χ4n) is 6.37. The molecule has 0 amide bonds. The second-order valence-corrected chi connectivity index (χ2v) is 10.5. The molecule has 170 valence electrons. The largest absolute Gasteiger partial charge is 0.383 e. The van der Waals surface area contributed by atoms with Crippen LogP contribution >= 0.6 is 11.3 Å². The van der Waals surface area contributed by atoms with Gasteiger partial charge in [0.15, 0.2) is 11.6 Å². The fraction of sp³-hybridized carbons (Fsp3) is 0.346. The molecule has 2 N–H and O–H groups in total. The van der Waals surface area contributed by atoms with Gasteiger partial charge >= 0.3 is 0 Å². The summed E-state index contributed by atoms with van der Waals surface area (Å²) in [6.07, 6.45) is 4.11. The van der Waals surface area contributed by atoms with Gasteiger partial charge in [-0.1, -0.05) is 23.5 Å². The van der Waals surface area contributed by atoms with Crippen LogP contribution in [-0.4, -0.2) is 24.7 Å². The molecule has 6 aliphatic rings. The van der Waals surface area contributed by atoms with Crippen molar-refractivity contribution in [2.75, 3.05) is 22.9 Å². The number of aliphatic imine (C=N–C) groups is 1. The maximum absolute atomic E-state index is 14.2. The molecule has 2 aromatic rings. The number of fused-ring (bicyclic) bond motifs is 6. The molecule has 8 rings (SSSR count). The summed E-state index contributed by atoms with van der Waals surface area (Å²) in [5.41, 5.74) is 11.3. The van der Waals surface area contributed by atoms with Crippen molar-refractivity contribution in [3.8, 4) is 6.07 Å². The first kappa shape index (κ1) is 20.0. The van der Waals surface area contributed by atoms with E-state index in [-0.39, 0.29) is 5.78 Å². The molecule has 0 saturated carbocycles. The topological polar surface area (TPSA) is 85.7 Å². The Kier molecular flexibility index (Phi) is 4.13. The van der Waals surface area contributed by atoms with Crippen molar-refractivity contribution in [1.29, 1.82) is 5.26 Å². The molecule has 0 radical (unpaired) electrons. The maximum atomic E-state index is 14.2. The first-order valence-electron chi connectivity index (χ1n) is 11.8. The molecule has 1 atom stereocenters. The Bertz CT molecular complexity index is 1420. The maximum Gasteiger partial charge on any atom is 0.161 e. The highest BCUT2D eigenvalue weighted by Crippen LogP contribution is 2.57. The standard InChI is InChI=1S/C26H22FN5OS/c27-15-4-1-3-14(11-15)19-16(12-28)24-30-23(29)22-20-13-7-9-31(10-8-13)25(20)34-26(22)32(24)17-5-2-6-18(33)21(17)19/h1,3-4,11,13,19H,2,5-10H2,(H2,29,30)/t19-/m0/s1. The number of nitrogens with zero attached hydrogens (tertiary/aromatic N) is 4. The lowest BCUT2D eigenvalue weighted by Crippen LogP contribution is -2.40. The summed E-state index contributed by atoms with van der Waals surface area (Å²) in [5, 5.41) is 12.5. The normalized spacial score (nSPS) is 23.4. The molecular formula is C26H22FN5OS. The number of anilines is 2. The number of halogens is 1. The number of piperidine rings is 1. The van der Waals surface area contributed by atoms with Crippen LogP contribution in [0.25, 0.3) is 0 Å². The van der Waals surface area contributed by atoms with E-state index in [0.717, 1.165) is 48.6 Å². The number of carbonyl (C=O) groups is 1. The number of nitriles is 1. The average molecular weight is 472 g/mol. The SMILES string of the molecule is N#CC1=C2N=C(N)c3c(sc4c3C3CCN4CC3)N2C2=C(C(=O)CCC2)[C@H]1c1cccc(F)c1. The second-order valence-electron chi connectivity index (χ2n) is 9.57. The Morgan fingerprint density at radius 3 is 2.79 bits per heavy atom. The van der Waals surface area contributed by atoms with E-state index in [2.05, 4.69) is 11.0 Å². The highest BCUT2D eigenvalue weighted by atomic mass is 32.1. The predicted octanol–water partition coefficient (Wildman–Crippen LogP) is 4.65. The van der Waals surface area contributed by atoms with Crippen molar-refractivity contribution in [3.05, 3.63) is 69.4 Å². The third-order valence-electron chi connectivity index (χ3n) is 7.81. The van der Waals surface area contributed by atoms with Crippen molar-refractivity contribution in [3.63, 3.8) is 0 Å². The van der Waals surface area contributed by atoms with Crippen molar-refractivity contribution in [1.82, 2.24) is 0 Å². The zero-order chi connectivity index (χ0) is 23.1. The molecule has 1 aromatic carbocycles. The Labute approximate surface area is 200 Å². The second kappa shape index (κ2) is 7.03. The minimum Gasteiger partial charge on any atom is -0.383 e. The van der Waals surface area contributed by atoms with E-state index in [1.807, 2.05) is 4.90 Å². The Morgan fingerprint density at radius 1 is 1.21 bits per heavy atom. The first-order valence-corrected chi connectivity index (χ1v) is 12.6. The molecule has 34 heavy (non-hydrogen) atoms. The lowest BCUT2D eigenvalue weighted by atomic mass is 9.75. The van der Waals surface area contributed by atoms with Crippen molar-refractivity contribution < 1.29 is 9.18 Å². The molecule has 0 spiro atoms. The van der Waals surface area contributed by atoms with E-state index in [0.29, 0.717) is 47.1 Å². The summed E-state index contributed by atoms with van der Waals surface area (Å²) in [6.45, 7) is 2.10. The highest BCUT2D eigenvalue weighted by molar-refractivity contribution is 7.21. The number of carbonyl (C=O) groups excluding carboxylic acids is 1. The molecule has 8 heteroatoms. The Hall–Kier alpha value is -3.44. The van der Waals surface area contributed by atoms with Crippen LogP contribution < -0.4 is 15.5 Å². The molecule has 6 nitrogen and oxygen atoms in total. The lowest BCUT2D eigenvalue weighted by Gasteiger charge is -2.41. The molecule has 1 fully saturated rings. The summed E-state index contributed by atoms with van der Waals surface area (Å²) in [7, 11) is 0. The van der Waals surface area contributed by atoms with E-state index in [4.69, 9.17) is 10.7 Å². The number of amidine groups is 1. The van der Waals surface area contributed by atoms with E-state index in [1.54, 1.807) is 23.5 Å². The first-order chi connectivity index (χ1) is 16.6. The van der Waals surface area contributed by atoms with Gasteiger partial charge < -0.3 is 10.6 Å². The number of allylic oxidation sites excluding steroid dienone is 3. The fourth-order valence-corrected chi connectivity index (χ4v) is 7.85. The van der Waals surface area contributed by atoms with Gasteiger partial charge in [0.2, 0.25) is 0 Å². The summed E-state index contributed by atoms with van der Waals surface area (Å²) < 4.78 is 14.2. The molecule has 6 heterocycles. The Morgan fingerprint density at radius 2 is 2.03 bits per heavy atom. The van der Waals surface area contributed by atoms with Crippen LogP contribution in [0.4, 0.5) is 14.4 Å². The number of ketones is 1. The van der Waals surface area contributed by atoms with E-state index in [1.165, 1.54) is 22.7 Å². The summed E-state index contributed by atoms with van der Waals surface area (Å²) in [4.78, 5) is 22.6. The number of Topliss-reactive ketones (excluding diaryl/α,β-unsaturated/α-hetero) is 1. The number of thiophene rings is 1. The van der Waals surface area contributed by atoms with Gasteiger partial charge in [-0.2, -0.15) is 5.26 Å². The quantitative estimate of drug-likeness (QED) is 0.654. The van der Waals surface area contributed by atoms with Crippen molar-refractivity contribution >= 4 is 33.0 Å². The number of rotatable bonds is 1. The third-order valence-corrected chi connectivity index (χ3v) is 9.07. The number of hydrogen-bond acceptors (Lipinski definition) is 7. The molecule has 5 aliphatic heterocycles. The summed E-state index contributed by atoms with van der Waals surface area (Å²) >= 11 is 1.70. The molecule has 1 aromatic heterocycles. The molecular weight excluding hydrogens is 449 g/mol. The predicted molar refractivity (Wildman–Crippen MR) is 129 cm³/mol. The Balaban J connectivity index is 1.52. The van der Waals surface area contributed by atoms with Crippen LogP contribution in [0.2, 0.25) is 0 Å². The van der Waals surface area contributed by atoms with Crippen LogP contribution in [0.15, 0.2) is 51.9 Å². The van der Waals surface area contributed by atoms with E-state index >= 15 is 0 Å². The molecule has 2 bridgehead atoms. The van der Waals surface area contributed by atoms with Crippen LogP contribution in [-0.2, 0) is 4.79 Å². The summed E-state index contributed by atoms with van der Waals surface area (Å²) in [6, 6.07) is 8.52. The zero-order valence-electron chi connectivity index (χ0n) is 18.5. The smallest absolute Gasteiger partial charge is 0.161 e.